The average molecular weight is 294 g/mol. The van der Waals surface area contributed by atoms with Crippen LogP contribution in [-0.4, -0.2) is 5.97 Å². The fraction of sp³-hybridized carbons (Fsp3) is 0.0556. The second-order valence-corrected chi connectivity index (χ2v) is 5.06. The number of hydrogen-bond acceptors (Lipinski definition) is 3. The monoisotopic (exact) mass is 294 g/mol. The number of carbonyl (C=O) groups excluding carboxylic acids is 1. The van der Waals surface area contributed by atoms with E-state index in [4.69, 9.17) is 9.15 Å². The second-order valence-electron chi connectivity index (χ2n) is 5.06. The number of hydrogen-bond donors (Lipinski definition) is 0. The highest BCUT2D eigenvalue weighted by molar-refractivity contribution is 6.01. The molecule has 1 aliphatic rings. The van der Waals surface area contributed by atoms with Crippen LogP contribution in [0, 0.1) is 5.82 Å². The molecule has 2 aromatic carbocycles. The largest absolute Gasteiger partial charge is 0.457 e. The Kier molecular flexibility index (Phi) is 2.82. The van der Waals surface area contributed by atoms with E-state index in [0.717, 1.165) is 11.1 Å². The lowest BCUT2D eigenvalue weighted by molar-refractivity contribution is 0.0532. The quantitative estimate of drug-likeness (QED) is 0.657. The summed E-state index contributed by atoms with van der Waals surface area (Å²) in [5, 5.41) is 0. The van der Waals surface area contributed by atoms with Crippen LogP contribution in [0.15, 0.2) is 59.0 Å². The first-order valence-corrected chi connectivity index (χ1v) is 6.88. The Morgan fingerprint density at radius 1 is 0.864 bits per heavy atom. The summed E-state index contributed by atoms with van der Waals surface area (Å²) in [4.78, 5) is 12.0. The summed E-state index contributed by atoms with van der Waals surface area (Å²) in [6.45, 7) is 0.198. The fourth-order valence-electron chi connectivity index (χ4n) is 2.66. The van der Waals surface area contributed by atoms with E-state index in [-0.39, 0.29) is 12.4 Å². The van der Waals surface area contributed by atoms with Crippen LogP contribution < -0.4 is 0 Å². The van der Waals surface area contributed by atoms with Gasteiger partial charge in [0.05, 0.1) is 5.56 Å². The molecule has 4 heteroatoms. The Hall–Kier alpha value is -2.88. The van der Waals surface area contributed by atoms with Crippen molar-refractivity contribution < 1.29 is 18.3 Å². The van der Waals surface area contributed by atoms with Crippen molar-refractivity contribution in [1.29, 1.82) is 0 Å². The van der Waals surface area contributed by atoms with Gasteiger partial charge in [-0.1, -0.05) is 30.3 Å². The van der Waals surface area contributed by atoms with E-state index in [0.29, 0.717) is 22.6 Å². The van der Waals surface area contributed by atoms with E-state index in [9.17, 15) is 9.18 Å². The summed E-state index contributed by atoms with van der Waals surface area (Å²) in [7, 11) is 0. The minimum atomic E-state index is -0.403. The van der Waals surface area contributed by atoms with Crippen LogP contribution in [0.25, 0.3) is 22.6 Å². The average Bonchev–Trinajstić information content (AvgIpc) is 3.10. The highest BCUT2D eigenvalue weighted by atomic mass is 19.1. The van der Waals surface area contributed by atoms with Crippen LogP contribution in [0.2, 0.25) is 0 Å². The topological polar surface area (TPSA) is 39.4 Å². The van der Waals surface area contributed by atoms with Crippen LogP contribution in [0.3, 0.4) is 0 Å². The van der Waals surface area contributed by atoms with Crippen LogP contribution in [0.1, 0.15) is 15.9 Å². The number of benzene rings is 2. The summed E-state index contributed by atoms with van der Waals surface area (Å²) in [6.07, 6.45) is 0. The molecule has 22 heavy (non-hydrogen) atoms. The SMILES string of the molecule is O=C1OCc2c(-c3ccccc3)oc(-c3ccc(F)cc3)c21. The van der Waals surface area contributed by atoms with Gasteiger partial charge in [0.15, 0.2) is 0 Å². The molecule has 1 aliphatic heterocycles. The second kappa shape index (κ2) is 4.84. The van der Waals surface area contributed by atoms with Crippen LogP contribution in [0.4, 0.5) is 4.39 Å². The summed E-state index contributed by atoms with van der Waals surface area (Å²) >= 11 is 0. The zero-order valence-electron chi connectivity index (χ0n) is 11.5. The number of ether oxygens (including phenoxy) is 1. The van der Waals surface area contributed by atoms with Crippen molar-refractivity contribution in [2.45, 2.75) is 6.61 Å². The predicted octanol–water partition coefficient (Wildman–Crippen LogP) is 4.42. The lowest BCUT2D eigenvalue weighted by Gasteiger charge is -2.02. The van der Waals surface area contributed by atoms with Crippen molar-refractivity contribution in [2.24, 2.45) is 0 Å². The molecule has 0 aliphatic carbocycles. The van der Waals surface area contributed by atoms with Crippen molar-refractivity contribution in [1.82, 2.24) is 0 Å². The number of esters is 1. The van der Waals surface area contributed by atoms with E-state index in [1.54, 1.807) is 12.1 Å². The maximum atomic E-state index is 13.1. The molecule has 108 valence electrons. The van der Waals surface area contributed by atoms with E-state index in [2.05, 4.69) is 0 Å². The standard InChI is InChI=1S/C18H11FO3/c19-13-8-6-12(7-9-13)17-15-14(10-21-18(15)20)16(22-17)11-4-2-1-3-5-11/h1-9H,10H2. The molecule has 4 rings (SSSR count). The van der Waals surface area contributed by atoms with Crippen molar-refractivity contribution >= 4 is 5.97 Å². The van der Waals surface area contributed by atoms with Crippen molar-refractivity contribution in [2.75, 3.05) is 0 Å². The predicted molar refractivity (Wildman–Crippen MR) is 78.7 cm³/mol. The van der Waals surface area contributed by atoms with Crippen molar-refractivity contribution in [3.63, 3.8) is 0 Å². The van der Waals surface area contributed by atoms with Gasteiger partial charge in [0.2, 0.25) is 0 Å². The molecule has 1 aromatic heterocycles. The van der Waals surface area contributed by atoms with Gasteiger partial charge < -0.3 is 9.15 Å². The maximum absolute atomic E-state index is 13.1. The summed E-state index contributed by atoms with van der Waals surface area (Å²) < 4.78 is 24.2. The molecule has 0 atom stereocenters. The van der Waals surface area contributed by atoms with E-state index in [1.807, 2.05) is 30.3 Å². The molecular formula is C18H11FO3. The zero-order chi connectivity index (χ0) is 15.1. The first kappa shape index (κ1) is 12.8. The minimum Gasteiger partial charge on any atom is -0.457 e. The molecule has 3 nitrogen and oxygen atoms in total. The number of cyclic esters (lactones) is 1. The van der Waals surface area contributed by atoms with E-state index in [1.165, 1.54) is 12.1 Å². The Bertz CT molecular complexity index is 848. The van der Waals surface area contributed by atoms with Gasteiger partial charge in [0.25, 0.3) is 0 Å². The first-order valence-electron chi connectivity index (χ1n) is 6.88. The van der Waals surface area contributed by atoms with Crippen LogP contribution in [0.5, 0.6) is 0 Å². The highest BCUT2D eigenvalue weighted by Crippen LogP contribution is 2.40. The normalized spacial score (nSPS) is 13.0. The third kappa shape index (κ3) is 1.92. The Balaban J connectivity index is 1.93. The highest BCUT2D eigenvalue weighted by Gasteiger charge is 2.33. The molecule has 0 unspecified atom stereocenters. The number of halogens is 1. The fourth-order valence-corrected chi connectivity index (χ4v) is 2.66. The van der Waals surface area contributed by atoms with Gasteiger partial charge in [0, 0.05) is 11.1 Å². The van der Waals surface area contributed by atoms with Crippen LogP contribution >= 0.6 is 0 Å². The third-order valence-electron chi connectivity index (χ3n) is 3.70. The van der Waals surface area contributed by atoms with Gasteiger partial charge in [-0.05, 0) is 24.3 Å². The van der Waals surface area contributed by atoms with E-state index < -0.39 is 5.97 Å². The van der Waals surface area contributed by atoms with Gasteiger partial charge in [-0.15, -0.1) is 0 Å². The number of carbonyl (C=O) groups is 1. The lowest BCUT2D eigenvalue weighted by atomic mass is 10.0. The molecule has 0 amide bonds. The molecule has 0 saturated carbocycles. The van der Waals surface area contributed by atoms with Gasteiger partial charge in [-0.25, -0.2) is 9.18 Å². The Labute approximate surface area is 126 Å². The molecule has 2 heterocycles. The Morgan fingerprint density at radius 3 is 2.27 bits per heavy atom. The number of furan rings is 1. The molecule has 3 aromatic rings. The molecular weight excluding hydrogens is 283 g/mol. The summed E-state index contributed by atoms with van der Waals surface area (Å²) in [5.41, 5.74) is 2.71. The molecule has 0 bridgehead atoms. The van der Waals surface area contributed by atoms with Crippen molar-refractivity contribution in [3.05, 3.63) is 71.5 Å². The molecule has 0 saturated heterocycles. The van der Waals surface area contributed by atoms with Crippen molar-refractivity contribution in [3.8, 4) is 22.6 Å². The molecule has 0 spiro atoms. The van der Waals surface area contributed by atoms with Crippen LogP contribution in [-0.2, 0) is 11.3 Å². The maximum Gasteiger partial charge on any atom is 0.342 e. The Morgan fingerprint density at radius 2 is 1.55 bits per heavy atom. The minimum absolute atomic E-state index is 0.198. The number of fused-ring (bicyclic) bond motifs is 1. The lowest BCUT2D eigenvalue weighted by Crippen LogP contribution is -1.95. The molecule has 0 N–H and O–H groups in total. The summed E-state index contributed by atoms with van der Waals surface area (Å²) in [6, 6.07) is 15.4. The van der Waals surface area contributed by atoms with Gasteiger partial charge >= 0.3 is 5.97 Å². The summed E-state index contributed by atoms with van der Waals surface area (Å²) in [5.74, 6) is 0.315. The van der Waals surface area contributed by atoms with Gasteiger partial charge in [0.1, 0.15) is 29.5 Å². The van der Waals surface area contributed by atoms with E-state index >= 15 is 0 Å². The molecule has 0 radical (unpaired) electrons. The smallest absolute Gasteiger partial charge is 0.342 e. The zero-order valence-corrected chi connectivity index (χ0v) is 11.5. The third-order valence-corrected chi connectivity index (χ3v) is 3.70. The molecule has 0 fully saturated rings. The van der Waals surface area contributed by atoms with Gasteiger partial charge in [-0.3, -0.25) is 0 Å². The first-order chi connectivity index (χ1) is 10.7. The van der Waals surface area contributed by atoms with Gasteiger partial charge in [-0.2, -0.15) is 0 Å². The number of rotatable bonds is 2.